The van der Waals surface area contributed by atoms with Gasteiger partial charge >= 0.3 is 5.97 Å². The minimum Gasteiger partial charge on any atom is -0.467 e. The number of carbonyl (C=O) groups excluding carboxylic acids is 6. The Bertz CT molecular complexity index is 1420. The summed E-state index contributed by atoms with van der Waals surface area (Å²) in [5.74, 6) is -2.70. The van der Waals surface area contributed by atoms with E-state index in [0.717, 1.165) is 0 Å². The number of hydrogen-bond acceptors (Lipinski definition) is 7. The first kappa shape index (κ1) is 42.9. The molecule has 0 radical (unpaired) electrons. The van der Waals surface area contributed by atoms with Crippen LogP contribution in [0, 0.1) is 29.6 Å². The topological polar surface area (TPSA) is 172 Å². The first-order chi connectivity index (χ1) is 23.8. The van der Waals surface area contributed by atoms with E-state index in [1.54, 1.807) is 12.1 Å². The molecule has 12 heteroatoms. The fourth-order valence-corrected chi connectivity index (χ4v) is 6.20. The maximum absolute atomic E-state index is 13.9. The number of methoxy groups -OCH3 is 1. The summed E-state index contributed by atoms with van der Waals surface area (Å²) in [7, 11) is 1.26. The Hall–Kier alpha value is -4.22. The Morgan fingerprint density at radius 2 is 1.04 bits per heavy atom. The van der Waals surface area contributed by atoms with E-state index in [2.05, 4.69) is 26.6 Å². The molecule has 0 unspecified atom stereocenters. The lowest BCUT2D eigenvalue weighted by Gasteiger charge is -2.31. The van der Waals surface area contributed by atoms with Crippen molar-refractivity contribution >= 4 is 41.1 Å². The van der Waals surface area contributed by atoms with E-state index in [1.807, 2.05) is 81.4 Å². The highest BCUT2D eigenvalue weighted by atomic mass is 16.5. The van der Waals surface area contributed by atoms with Crippen LogP contribution in [0.15, 0.2) is 30.3 Å². The Labute approximate surface area is 304 Å². The summed E-state index contributed by atoms with van der Waals surface area (Å²) in [5, 5.41) is 14.3. The summed E-state index contributed by atoms with van der Waals surface area (Å²) >= 11 is 0. The molecule has 0 fully saturated rings. The van der Waals surface area contributed by atoms with Crippen molar-refractivity contribution in [3.05, 3.63) is 41.5 Å². The van der Waals surface area contributed by atoms with E-state index in [1.165, 1.54) is 13.2 Å². The van der Waals surface area contributed by atoms with Crippen molar-refractivity contribution in [2.45, 2.75) is 125 Å². The van der Waals surface area contributed by atoms with Crippen LogP contribution >= 0.6 is 0 Å². The summed E-state index contributed by atoms with van der Waals surface area (Å²) in [5.41, 5.74) is 1.78. The predicted octanol–water partition coefficient (Wildman–Crippen LogP) is 4.13. The number of rotatable bonds is 18. The van der Waals surface area contributed by atoms with E-state index in [9.17, 15) is 28.8 Å². The van der Waals surface area contributed by atoms with Crippen LogP contribution < -0.4 is 26.6 Å². The van der Waals surface area contributed by atoms with Gasteiger partial charge in [-0.3, -0.25) is 24.0 Å². The van der Waals surface area contributed by atoms with E-state index in [-0.39, 0.29) is 41.9 Å². The molecule has 0 aromatic heterocycles. The summed E-state index contributed by atoms with van der Waals surface area (Å²) in [6.07, 6.45) is 2.70. The molecular weight excluding hydrogens is 650 g/mol. The number of nitrogens with one attached hydrogen (secondary N) is 5. The number of hydrogen-bond donors (Lipinski definition) is 5. The molecule has 0 saturated heterocycles. The normalized spacial score (nSPS) is 17.5. The van der Waals surface area contributed by atoms with Crippen molar-refractivity contribution in [3.63, 3.8) is 0 Å². The van der Waals surface area contributed by atoms with Gasteiger partial charge in [-0.1, -0.05) is 87.4 Å². The van der Waals surface area contributed by atoms with Gasteiger partial charge in [0, 0.05) is 11.6 Å². The molecule has 0 aliphatic carbocycles. The van der Waals surface area contributed by atoms with Crippen LogP contribution in [0.2, 0.25) is 0 Å². The van der Waals surface area contributed by atoms with Gasteiger partial charge in [0.25, 0.3) is 5.91 Å². The van der Waals surface area contributed by atoms with Gasteiger partial charge in [0.2, 0.25) is 23.6 Å². The zero-order chi connectivity index (χ0) is 38.6. The SMILES string of the molecule is COC(=O)[C@H](CC(C)C)NC(=O)[C@@H](CC(C)C)NC(=O)[C@H](CC(C)C)NC(=O)[C@@H](CC(C)C)NC(=O)/C=C1/c2ccccc2C(=O)N[C@H]1C(C)C. The number of esters is 1. The summed E-state index contributed by atoms with van der Waals surface area (Å²) in [6.45, 7) is 19.3. The lowest BCUT2D eigenvalue weighted by atomic mass is 9.84. The highest BCUT2D eigenvalue weighted by Gasteiger charge is 2.34. The van der Waals surface area contributed by atoms with Crippen LogP contribution in [-0.2, 0) is 28.7 Å². The Morgan fingerprint density at radius 1 is 0.647 bits per heavy atom. The van der Waals surface area contributed by atoms with E-state index in [0.29, 0.717) is 36.0 Å². The van der Waals surface area contributed by atoms with Crippen molar-refractivity contribution < 1.29 is 33.5 Å². The fraction of sp³-hybridized carbons (Fsp3) is 0.641. The monoisotopic (exact) mass is 711 g/mol. The Kier molecular flexibility index (Phi) is 16.8. The molecule has 1 aromatic carbocycles. The van der Waals surface area contributed by atoms with E-state index < -0.39 is 59.8 Å². The Morgan fingerprint density at radius 3 is 1.45 bits per heavy atom. The van der Waals surface area contributed by atoms with Crippen LogP contribution in [0.25, 0.3) is 5.57 Å². The molecule has 5 N–H and O–H groups in total. The number of carbonyl (C=O) groups is 6. The molecule has 1 aromatic rings. The van der Waals surface area contributed by atoms with Crippen LogP contribution in [0.4, 0.5) is 0 Å². The molecular formula is C39H61N5O7. The van der Waals surface area contributed by atoms with Gasteiger partial charge < -0.3 is 31.3 Å². The van der Waals surface area contributed by atoms with Crippen LogP contribution in [0.1, 0.15) is 111 Å². The van der Waals surface area contributed by atoms with Gasteiger partial charge in [0.1, 0.15) is 24.2 Å². The van der Waals surface area contributed by atoms with Crippen molar-refractivity contribution in [1.29, 1.82) is 0 Å². The number of fused-ring (bicyclic) bond motifs is 1. The van der Waals surface area contributed by atoms with Gasteiger partial charge in [-0.05, 0) is 72.5 Å². The smallest absolute Gasteiger partial charge is 0.328 e. The van der Waals surface area contributed by atoms with E-state index in [4.69, 9.17) is 4.74 Å². The molecule has 5 atom stereocenters. The highest BCUT2D eigenvalue weighted by molar-refractivity contribution is 6.07. The second kappa shape index (κ2) is 20.0. The van der Waals surface area contributed by atoms with Crippen LogP contribution in [0.5, 0.6) is 0 Å². The minimum atomic E-state index is -0.997. The van der Waals surface area contributed by atoms with Gasteiger partial charge in [-0.25, -0.2) is 4.79 Å². The molecule has 5 amide bonds. The average Bonchev–Trinajstić information content (AvgIpc) is 3.03. The molecule has 284 valence electrons. The Balaban J connectivity index is 2.34. The zero-order valence-electron chi connectivity index (χ0n) is 32.3. The van der Waals surface area contributed by atoms with Gasteiger partial charge in [-0.2, -0.15) is 0 Å². The summed E-state index contributed by atoms with van der Waals surface area (Å²) in [4.78, 5) is 79.9. The molecule has 51 heavy (non-hydrogen) atoms. The summed E-state index contributed by atoms with van der Waals surface area (Å²) < 4.78 is 4.90. The molecule has 1 heterocycles. The van der Waals surface area contributed by atoms with Crippen LogP contribution in [-0.4, -0.2) is 72.8 Å². The van der Waals surface area contributed by atoms with Gasteiger partial charge in [-0.15, -0.1) is 0 Å². The van der Waals surface area contributed by atoms with Crippen molar-refractivity contribution in [2.75, 3.05) is 7.11 Å². The van der Waals surface area contributed by atoms with Crippen molar-refractivity contribution in [1.82, 2.24) is 26.6 Å². The van der Waals surface area contributed by atoms with Crippen LogP contribution in [0.3, 0.4) is 0 Å². The first-order valence-corrected chi connectivity index (χ1v) is 18.3. The van der Waals surface area contributed by atoms with Crippen molar-refractivity contribution in [2.24, 2.45) is 29.6 Å². The number of amides is 5. The standard InChI is InChI=1S/C39H61N5O7/c1-21(2)16-29(40-33(45)20-28-26-14-12-13-15-27(26)35(46)44-34(28)25(9)10)36(47)41-30(17-22(3)4)37(48)42-31(18-23(5)6)38(49)43-32(19-24(7)8)39(50)51-11/h12-15,20-25,29-32,34H,16-19H2,1-11H3,(H,40,45)(H,41,47)(H,42,48)(H,43,49)(H,44,46)/b28-20-/t29-,30+,31-,32+,34+/m1/s1. The van der Waals surface area contributed by atoms with Gasteiger partial charge in [0.05, 0.1) is 13.2 Å². The maximum Gasteiger partial charge on any atom is 0.328 e. The zero-order valence-corrected chi connectivity index (χ0v) is 32.3. The molecule has 1 aliphatic rings. The second-order valence-electron chi connectivity index (χ2n) is 15.6. The van der Waals surface area contributed by atoms with E-state index >= 15 is 0 Å². The molecule has 1 aliphatic heterocycles. The molecule has 0 saturated carbocycles. The minimum absolute atomic E-state index is 0.00502. The third kappa shape index (κ3) is 13.4. The highest BCUT2D eigenvalue weighted by Crippen LogP contribution is 2.30. The lowest BCUT2D eigenvalue weighted by Crippen LogP contribution is -2.58. The lowest BCUT2D eigenvalue weighted by molar-refractivity contribution is -0.146. The summed E-state index contributed by atoms with van der Waals surface area (Å²) in [6, 6.07) is 2.90. The predicted molar refractivity (Wildman–Crippen MR) is 198 cm³/mol. The molecule has 12 nitrogen and oxygen atoms in total. The largest absolute Gasteiger partial charge is 0.467 e. The molecule has 0 bridgehead atoms. The maximum atomic E-state index is 13.9. The third-order valence-electron chi connectivity index (χ3n) is 8.59. The molecule has 2 rings (SSSR count). The first-order valence-electron chi connectivity index (χ1n) is 18.3. The van der Waals surface area contributed by atoms with Crippen molar-refractivity contribution in [3.8, 4) is 0 Å². The number of benzene rings is 1. The fourth-order valence-electron chi connectivity index (χ4n) is 6.20. The number of ether oxygens (including phenoxy) is 1. The third-order valence-corrected chi connectivity index (χ3v) is 8.59. The second-order valence-corrected chi connectivity index (χ2v) is 15.6. The average molecular weight is 712 g/mol. The quantitative estimate of drug-likeness (QED) is 0.113. The molecule has 0 spiro atoms. The van der Waals surface area contributed by atoms with Gasteiger partial charge in [0.15, 0.2) is 0 Å².